The molecule has 1 aromatic carbocycles. The number of unbranched alkanes of at least 4 members (excludes halogenated alkanes) is 1. The summed E-state index contributed by atoms with van der Waals surface area (Å²) in [5.41, 5.74) is 10.3. The van der Waals surface area contributed by atoms with E-state index in [0.29, 0.717) is 0 Å². The molecule has 0 aromatic heterocycles. The first kappa shape index (κ1) is 13.6. The summed E-state index contributed by atoms with van der Waals surface area (Å²) in [5, 5.41) is 0. The van der Waals surface area contributed by atoms with Gasteiger partial charge in [0.25, 0.3) is 0 Å². The van der Waals surface area contributed by atoms with Crippen LogP contribution in [0.2, 0.25) is 0 Å². The summed E-state index contributed by atoms with van der Waals surface area (Å²) in [6.45, 7) is 6.25. The van der Waals surface area contributed by atoms with Gasteiger partial charge < -0.3 is 5.73 Å². The Morgan fingerprint density at radius 1 is 1.17 bits per heavy atom. The van der Waals surface area contributed by atoms with Gasteiger partial charge in [-0.25, -0.2) is 0 Å². The monoisotopic (exact) mass is 246 g/mol. The molecule has 2 heteroatoms. The van der Waals surface area contributed by atoms with E-state index in [0.717, 1.165) is 19.6 Å². The number of aryl methyl sites for hydroxylation is 2. The third kappa shape index (κ3) is 3.56. The average Bonchev–Trinajstić information content (AvgIpc) is 2.83. The second kappa shape index (κ2) is 6.91. The zero-order chi connectivity index (χ0) is 12.8. The number of benzene rings is 1. The molecule has 2 N–H and O–H groups in total. The Balaban J connectivity index is 1.97. The minimum Gasteiger partial charge on any atom is -0.329 e. The highest BCUT2D eigenvalue weighted by molar-refractivity contribution is 5.35. The van der Waals surface area contributed by atoms with Gasteiger partial charge in [0.05, 0.1) is 0 Å². The van der Waals surface area contributed by atoms with Gasteiger partial charge in [-0.05, 0) is 48.9 Å². The molecule has 0 spiro atoms. The highest BCUT2D eigenvalue weighted by atomic mass is 15.1. The van der Waals surface area contributed by atoms with Crippen LogP contribution >= 0.6 is 0 Å². The Kier molecular flexibility index (Phi) is 5.21. The van der Waals surface area contributed by atoms with E-state index in [2.05, 4.69) is 30.0 Å². The lowest BCUT2D eigenvalue weighted by molar-refractivity contribution is 0.268. The van der Waals surface area contributed by atoms with E-state index in [9.17, 15) is 0 Å². The lowest BCUT2D eigenvalue weighted by atomic mass is 10.1. The van der Waals surface area contributed by atoms with Gasteiger partial charge in [0.2, 0.25) is 0 Å². The number of hydrogen-bond donors (Lipinski definition) is 1. The average molecular weight is 246 g/mol. The van der Waals surface area contributed by atoms with Gasteiger partial charge in [0, 0.05) is 19.6 Å². The first-order valence-electron chi connectivity index (χ1n) is 7.36. The molecule has 0 amide bonds. The Bertz CT molecular complexity index is 373. The molecular formula is C16H26N2. The van der Waals surface area contributed by atoms with Crippen LogP contribution in [0.25, 0.3) is 0 Å². The number of nitrogens with zero attached hydrogens (tertiary/aromatic N) is 1. The van der Waals surface area contributed by atoms with Gasteiger partial charge in [0.1, 0.15) is 0 Å². The molecule has 18 heavy (non-hydrogen) atoms. The zero-order valence-electron chi connectivity index (χ0n) is 11.6. The van der Waals surface area contributed by atoms with Gasteiger partial charge in [0.15, 0.2) is 0 Å². The second-order valence-corrected chi connectivity index (χ2v) is 5.37. The summed E-state index contributed by atoms with van der Waals surface area (Å²) in [6.07, 6.45) is 6.41. The van der Waals surface area contributed by atoms with Crippen molar-refractivity contribution in [1.29, 1.82) is 0 Å². The highest BCUT2D eigenvalue weighted by Gasteiger charge is 2.12. The van der Waals surface area contributed by atoms with Crippen molar-refractivity contribution < 1.29 is 0 Å². The summed E-state index contributed by atoms with van der Waals surface area (Å²) < 4.78 is 0. The fraction of sp³-hybridized carbons (Fsp3) is 0.625. The van der Waals surface area contributed by atoms with Crippen LogP contribution in [0.4, 0.5) is 0 Å². The third-order valence-corrected chi connectivity index (χ3v) is 3.84. The molecule has 0 bridgehead atoms. The van der Waals surface area contributed by atoms with Crippen LogP contribution in [-0.4, -0.2) is 24.5 Å². The van der Waals surface area contributed by atoms with E-state index in [4.69, 9.17) is 5.73 Å². The minimum atomic E-state index is 0.759. The van der Waals surface area contributed by atoms with Crippen LogP contribution in [-0.2, 0) is 19.4 Å². The first-order chi connectivity index (χ1) is 8.83. The van der Waals surface area contributed by atoms with E-state index >= 15 is 0 Å². The van der Waals surface area contributed by atoms with E-state index in [1.807, 2.05) is 0 Å². The van der Waals surface area contributed by atoms with Crippen molar-refractivity contribution in [2.45, 2.75) is 45.6 Å². The molecule has 2 rings (SSSR count). The Hall–Kier alpha value is -0.860. The normalized spacial score (nSPS) is 14.2. The Morgan fingerprint density at radius 2 is 2.00 bits per heavy atom. The zero-order valence-corrected chi connectivity index (χ0v) is 11.6. The fourth-order valence-corrected chi connectivity index (χ4v) is 2.82. The van der Waals surface area contributed by atoms with Gasteiger partial charge in [-0.2, -0.15) is 0 Å². The molecule has 0 radical (unpaired) electrons. The van der Waals surface area contributed by atoms with Gasteiger partial charge in [-0.1, -0.05) is 31.5 Å². The fourth-order valence-electron chi connectivity index (χ4n) is 2.82. The van der Waals surface area contributed by atoms with Crippen LogP contribution < -0.4 is 5.73 Å². The standard InChI is InChI=1S/C16H26N2/c1-2-3-10-18(11-9-17)13-14-7-8-15-5-4-6-16(15)12-14/h7-8,12H,2-6,9-11,13,17H2,1H3. The van der Waals surface area contributed by atoms with Crippen LogP contribution in [0, 0.1) is 0 Å². The van der Waals surface area contributed by atoms with Crippen LogP contribution in [0.3, 0.4) is 0 Å². The second-order valence-electron chi connectivity index (χ2n) is 5.37. The number of hydrogen-bond acceptors (Lipinski definition) is 2. The molecule has 0 unspecified atom stereocenters. The molecule has 0 saturated heterocycles. The maximum absolute atomic E-state index is 5.70. The first-order valence-corrected chi connectivity index (χ1v) is 7.36. The molecular weight excluding hydrogens is 220 g/mol. The summed E-state index contributed by atoms with van der Waals surface area (Å²) in [5.74, 6) is 0. The molecule has 1 aliphatic rings. The predicted octanol–water partition coefficient (Wildman–Crippen LogP) is 2.74. The van der Waals surface area contributed by atoms with Crippen molar-refractivity contribution in [2.75, 3.05) is 19.6 Å². The van der Waals surface area contributed by atoms with Gasteiger partial charge >= 0.3 is 0 Å². The van der Waals surface area contributed by atoms with Gasteiger partial charge in [-0.15, -0.1) is 0 Å². The SMILES string of the molecule is CCCCN(CCN)Cc1ccc2c(c1)CCC2. The quantitative estimate of drug-likeness (QED) is 0.801. The Labute approximate surface area is 111 Å². The minimum absolute atomic E-state index is 0.759. The van der Waals surface area contributed by atoms with Gasteiger partial charge in [-0.3, -0.25) is 4.90 Å². The number of rotatable bonds is 7. The topological polar surface area (TPSA) is 29.3 Å². The maximum atomic E-state index is 5.70. The smallest absolute Gasteiger partial charge is 0.0234 e. The number of fused-ring (bicyclic) bond motifs is 1. The van der Waals surface area contributed by atoms with Crippen molar-refractivity contribution >= 4 is 0 Å². The largest absolute Gasteiger partial charge is 0.329 e. The summed E-state index contributed by atoms with van der Waals surface area (Å²) in [4.78, 5) is 2.49. The molecule has 0 atom stereocenters. The van der Waals surface area contributed by atoms with Crippen molar-refractivity contribution in [3.8, 4) is 0 Å². The lowest BCUT2D eigenvalue weighted by Crippen LogP contribution is -2.30. The van der Waals surface area contributed by atoms with E-state index in [-0.39, 0.29) is 0 Å². The molecule has 0 fully saturated rings. The summed E-state index contributed by atoms with van der Waals surface area (Å²) in [6, 6.07) is 7.05. The molecule has 1 aliphatic carbocycles. The van der Waals surface area contributed by atoms with E-state index in [1.54, 1.807) is 11.1 Å². The molecule has 1 aromatic rings. The van der Waals surface area contributed by atoms with Crippen LogP contribution in [0.1, 0.15) is 42.9 Å². The van der Waals surface area contributed by atoms with Crippen LogP contribution in [0.5, 0.6) is 0 Å². The van der Waals surface area contributed by atoms with Crippen molar-refractivity contribution in [2.24, 2.45) is 5.73 Å². The summed E-state index contributed by atoms with van der Waals surface area (Å²) >= 11 is 0. The van der Waals surface area contributed by atoms with Crippen molar-refractivity contribution in [3.63, 3.8) is 0 Å². The van der Waals surface area contributed by atoms with Crippen molar-refractivity contribution in [1.82, 2.24) is 4.90 Å². The molecule has 0 saturated carbocycles. The predicted molar refractivity (Wildman–Crippen MR) is 77.7 cm³/mol. The highest BCUT2D eigenvalue weighted by Crippen LogP contribution is 2.23. The molecule has 2 nitrogen and oxygen atoms in total. The Morgan fingerprint density at radius 3 is 2.78 bits per heavy atom. The van der Waals surface area contributed by atoms with Crippen molar-refractivity contribution in [3.05, 3.63) is 34.9 Å². The molecule has 0 heterocycles. The lowest BCUT2D eigenvalue weighted by Gasteiger charge is -2.21. The molecule has 0 aliphatic heterocycles. The van der Waals surface area contributed by atoms with Crippen LogP contribution in [0.15, 0.2) is 18.2 Å². The molecule has 100 valence electrons. The summed E-state index contributed by atoms with van der Waals surface area (Å²) in [7, 11) is 0. The van der Waals surface area contributed by atoms with E-state index < -0.39 is 0 Å². The maximum Gasteiger partial charge on any atom is 0.0234 e. The van der Waals surface area contributed by atoms with E-state index in [1.165, 1.54) is 44.2 Å². The number of nitrogens with two attached hydrogens (primary N) is 1. The third-order valence-electron chi connectivity index (χ3n) is 3.84.